The zero-order valence-electron chi connectivity index (χ0n) is 26.1. The van der Waals surface area contributed by atoms with Gasteiger partial charge in [-0.05, 0) is 37.3 Å². The third-order valence-electron chi connectivity index (χ3n) is 9.30. The summed E-state index contributed by atoms with van der Waals surface area (Å²) in [5.41, 5.74) is 11.4. The van der Waals surface area contributed by atoms with Gasteiger partial charge in [0.05, 0.1) is 27.8 Å². The Morgan fingerprint density at radius 1 is 0.574 bits per heavy atom. The monoisotopic (exact) mass is 630 g/mol. The minimum absolute atomic E-state index is 0.445. The van der Waals surface area contributed by atoms with E-state index in [9.17, 15) is 0 Å². The average molecular weight is 631 g/mol. The number of fused-ring (bicyclic) bond motifs is 6. The van der Waals surface area contributed by atoms with E-state index in [4.69, 9.17) is 5.73 Å². The Labute approximate surface area is 273 Å². The quantitative estimate of drug-likeness (QED) is 0.165. The van der Waals surface area contributed by atoms with Crippen molar-refractivity contribution < 1.29 is 4.57 Å². The molecule has 2 heterocycles. The zero-order valence-corrected chi connectivity index (χ0v) is 27.0. The molecule has 8 aromatic rings. The van der Waals surface area contributed by atoms with E-state index in [-0.39, 0.29) is 0 Å². The molecule has 47 heavy (non-hydrogen) atoms. The van der Waals surface area contributed by atoms with Crippen molar-refractivity contribution in [1.29, 1.82) is 0 Å². The Hall–Kier alpha value is -5.35. The molecular formula is C41H35N4OP. The summed E-state index contributed by atoms with van der Waals surface area (Å²) in [7, 11) is -3.17. The SMILES string of the molecule is CC(NC(/C=C(\N)n1c2ccccc2c2ccccc21)n1c2ccccc2c2ccccc21)P(=O)(c1ccccc1)c1ccccc1. The van der Waals surface area contributed by atoms with Crippen LogP contribution in [0.1, 0.15) is 13.1 Å². The van der Waals surface area contributed by atoms with Gasteiger partial charge in [0.1, 0.15) is 12.0 Å². The van der Waals surface area contributed by atoms with E-state index in [1.165, 1.54) is 0 Å². The Morgan fingerprint density at radius 2 is 0.936 bits per heavy atom. The highest BCUT2D eigenvalue weighted by Gasteiger charge is 2.35. The standard InChI is InChI=1S/C41H35N4OP/c1-29(47(46,30-16-4-2-5-17-30)31-18-6-3-7-19-31)43-41(45-38-26-14-10-22-34(38)35-23-11-15-27-39(35)45)28-40(42)44-36-24-12-8-20-32(36)33-21-9-13-25-37(33)44/h2-29,41,43H,42H2,1H3/b40-28+. The number of hydrogen-bond donors (Lipinski definition) is 2. The molecule has 0 spiro atoms. The fourth-order valence-electron chi connectivity index (χ4n) is 7.13. The normalized spacial score (nSPS) is 13.9. The van der Waals surface area contributed by atoms with Gasteiger partial charge < -0.3 is 14.9 Å². The van der Waals surface area contributed by atoms with Crippen molar-refractivity contribution >= 4 is 67.2 Å². The maximum atomic E-state index is 15.5. The minimum Gasteiger partial charge on any atom is -0.385 e. The summed E-state index contributed by atoms with van der Waals surface area (Å²) in [5, 5.41) is 10.1. The lowest BCUT2D eigenvalue weighted by atomic mass is 10.2. The summed E-state index contributed by atoms with van der Waals surface area (Å²) in [4.78, 5) is 0. The Bertz CT molecular complexity index is 2310. The first kappa shape index (κ1) is 29.1. The van der Waals surface area contributed by atoms with Crippen LogP contribution >= 0.6 is 7.14 Å². The molecule has 0 saturated carbocycles. The predicted octanol–water partition coefficient (Wildman–Crippen LogP) is 8.81. The molecule has 230 valence electrons. The topological polar surface area (TPSA) is 65.0 Å². The first-order valence-electron chi connectivity index (χ1n) is 16.0. The fourth-order valence-corrected chi connectivity index (χ4v) is 9.92. The summed E-state index contributed by atoms with van der Waals surface area (Å²) in [6.07, 6.45) is 1.63. The number of rotatable bonds is 8. The second-order valence-electron chi connectivity index (χ2n) is 12.0. The highest BCUT2D eigenvalue weighted by molar-refractivity contribution is 7.79. The highest BCUT2D eigenvalue weighted by atomic mass is 31.2. The number of nitrogens with two attached hydrogens (primary N) is 1. The molecule has 5 nitrogen and oxygen atoms in total. The van der Waals surface area contributed by atoms with Crippen molar-refractivity contribution in [2.45, 2.75) is 18.9 Å². The third-order valence-corrected chi connectivity index (χ3v) is 12.7. The van der Waals surface area contributed by atoms with E-state index in [2.05, 4.69) is 105 Å². The number of nitrogens with zero attached hydrogens (tertiary/aromatic N) is 2. The lowest BCUT2D eigenvalue weighted by Crippen LogP contribution is -2.38. The van der Waals surface area contributed by atoms with Crippen LogP contribution in [0.15, 0.2) is 164 Å². The fraction of sp³-hybridized carbons (Fsp3) is 0.0732. The summed E-state index contributed by atoms with van der Waals surface area (Å²) in [6.45, 7) is 2.03. The maximum Gasteiger partial charge on any atom is 0.159 e. The molecule has 2 aromatic heterocycles. The van der Waals surface area contributed by atoms with Gasteiger partial charge in [-0.25, -0.2) is 0 Å². The summed E-state index contributed by atoms with van der Waals surface area (Å²) in [5.74, 6) is 0.141. The van der Waals surface area contributed by atoms with Crippen LogP contribution < -0.4 is 21.7 Å². The Kier molecular flexibility index (Phi) is 7.29. The van der Waals surface area contributed by atoms with Gasteiger partial charge in [0.25, 0.3) is 0 Å². The molecule has 3 N–H and O–H groups in total. The molecule has 0 saturated heterocycles. The first-order valence-corrected chi connectivity index (χ1v) is 17.7. The maximum absolute atomic E-state index is 15.5. The van der Waals surface area contributed by atoms with Crippen molar-refractivity contribution in [3.8, 4) is 0 Å². The second-order valence-corrected chi connectivity index (χ2v) is 15.1. The van der Waals surface area contributed by atoms with Crippen molar-refractivity contribution in [1.82, 2.24) is 14.5 Å². The van der Waals surface area contributed by atoms with Crippen LogP contribution in [0.2, 0.25) is 0 Å². The van der Waals surface area contributed by atoms with Crippen LogP contribution in [-0.4, -0.2) is 14.9 Å². The molecule has 0 amide bonds. The van der Waals surface area contributed by atoms with Gasteiger partial charge in [0.2, 0.25) is 0 Å². The number of hydrogen-bond acceptors (Lipinski definition) is 3. The molecule has 0 bridgehead atoms. The third kappa shape index (κ3) is 4.79. The summed E-state index contributed by atoms with van der Waals surface area (Å²) in [6, 6.07) is 53.3. The molecule has 0 aliphatic rings. The molecule has 2 unspecified atom stereocenters. The van der Waals surface area contributed by atoms with E-state index in [0.717, 1.165) is 54.2 Å². The van der Waals surface area contributed by atoms with E-state index >= 15 is 4.57 Å². The highest BCUT2D eigenvalue weighted by Crippen LogP contribution is 2.48. The second kappa shape index (κ2) is 11.8. The number of aromatic nitrogens is 2. The number of benzene rings is 6. The van der Waals surface area contributed by atoms with Crippen LogP contribution in [-0.2, 0) is 4.57 Å². The van der Waals surface area contributed by atoms with E-state index < -0.39 is 19.1 Å². The van der Waals surface area contributed by atoms with Crippen molar-refractivity contribution in [2.75, 3.05) is 0 Å². The van der Waals surface area contributed by atoms with E-state index in [1.807, 2.05) is 79.7 Å². The summed E-state index contributed by atoms with van der Waals surface area (Å²) >= 11 is 0. The smallest absolute Gasteiger partial charge is 0.159 e. The minimum atomic E-state index is -3.17. The lowest BCUT2D eigenvalue weighted by molar-refractivity contribution is 0.483. The van der Waals surface area contributed by atoms with Crippen molar-refractivity contribution in [3.05, 3.63) is 164 Å². The van der Waals surface area contributed by atoms with Crippen LogP contribution in [0.25, 0.3) is 49.4 Å². The van der Waals surface area contributed by atoms with Gasteiger partial charge in [-0.2, -0.15) is 0 Å². The van der Waals surface area contributed by atoms with Crippen LogP contribution in [0.3, 0.4) is 0 Å². The molecule has 0 radical (unpaired) electrons. The molecule has 6 aromatic carbocycles. The summed E-state index contributed by atoms with van der Waals surface area (Å²) < 4.78 is 19.9. The van der Waals surface area contributed by atoms with Gasteiger partial charge in [0, 0.05) is 32.2 Å². The van der Waals surface area contributed by atoms with Crippen LogP contribution in [0, 0.1) is 0 Å². The van der Waals surface area contributed by atoms with Crippen LogP contribution in [0.4, 0.5) is 0 Å². The first-order chi connectivity index (χ1) is 23.1. The average Bonchev–Trinajstić information content (AvgIpc) is 3.65. The van der Waals surface area contributed by atoms with Gasteiger partial charge in [0.15, 0.2) is 7.14 Å². The van der Waals surface area contributed by atoms with Gasteiger partial charge in [-0.3, -0.25) is 9.88 Å². The molecule has 0 aliphatic heterocycles. The van der Waals surface area contributed by atoms with Crippen molar-refractivity contribution in [3.63, 3.8) is 0 Å². The molecule has 2 atom stereocenters. The Morgan fingerprint density at radius 3 is 1.38 bits per heavy atom. The van der Waals surface area contributed by atoms with E-state index in [0.29, 0.717) is 5.82 Å². The number of para-hydroxylation sites is 4. The van der Waals surface area contributed by atoms with Crippen LogP contribution in [0.5, 0.6) is 0 Å². The molecule has 8 rings (SSSR count). The number of nitrogens with one attached hydrogen (secondary N) is 1. The molecular weight excluding hydrogens is 595 g/mol. The van der Waals surface area contributed by atoms with Gasteiger partial charge >= 0.3 is 0 Å². The van der Waals surface area contributed by atoms with Crippen molar-refractivity contribution in [2.24, 2.45) is 5.73 Å². The van der Waals surface area contributed by atoms with Gasteiger partial charge in [-0.15, -0.1) is 0 Å². The Balaban J connectivity index is 1.36. The zero-order chi connectivity index (χ0) is 32.0. The molecule has 6 heteroatoms. The predicted molar refractivity (Wildman–Crippen MR) is 199 cm³/mol. The molecule has 0 aliphatic carbocycles. The van der Waals surface area contributed by atoms with E-state index in [1.54, 1.807) is 0 Å². The lowest BCUT2D eigenvalue weighted by Gasteiger charge is -2.31. The largest absolute Gasteiger partial charge is 0.385 e. The molecule has 0 fully saturated rings. The van der Waals surface area contributed by atoms with Gasteiger partial charge in [-0.1, -0.05) is 133 Å².